The van der Waals surface area contributed by atoms with Gasteiger partial charge in [-0.2, -0.15) is 5.26 Å². The highest BCUT2D eigenvalue weighted by Crippen LogP contribution is 2.32. The standard InChI is InChI=1S/C23H26N4O2S/c1-16(2)14-27-22(17(3)29-21-12-8-7-11-20(21)28-4)25-26-23(27)30-15-19-10-6-5-9-18(19)13-24/h5-12,16-17H,14-15H2,1-4H3. The Morgan fingerprint density at radius 2 is 1.73 bits per heavy atom. The first-order chi connectivity index (χ1) is 14.5. The zero-order chi connectivity index (χ0) is 21.5. The normalized spacial score (nSPS) is 11.9. The van der Waals surface area contributed by atoms with Gasteiger partial charge in [0.25, 0.3) is 0 Å². The van der Waals surface area contributed by atoms with E-state index in [4.69, 9.17) is 9.47 Å². The van der Waals surface area contributed by atoms with Gasteiger partial charge in [0, 0.05) is 12.3 Å². The van der Waals surface area contributed by atoms with Crippen LogP contribution in [0.5, 0.6) is 11.5 Å². The summed E-state index contributed by atoms with van der Waals surface area (Å²) in [7, 11) is 1.63. The number of methoxy groups -OCH3 is 1. The molecule has 1 unspecified atom stereocenters. The predicted octanol–water partition coefficient (Wildman–Crippen LogP) is 5.25. The molecule has 6 nitrogen and oxygen atoms in total. The van der Waals surface area contributed by atoms with Gasteiger partial charge < -0.3 is 14.0 Å². The van der Waals surface area contributed by atoms with Gasteiger partial charge in [-0.05, 0) is 36.6 Å². The minimum atomic E-state index is -0.298. The first kappa shape index (κ1) is 21.7. The van der Waals surface area contributed by atoms with Crippen molar-refractivity contribution in [2.24, 2.45) is 5.92 Å². The predicted molar refractivity (Wildman–Crippen MR) is 118 cm³/mol. The Hall–Kier alpha value is -2.98. The van der Waals surface area contributed by atoms with Crippen LogP contribution in [0.25, 0.3) is 0 Å². The first-order valence-electron chi connectivity index (χ1n) is 9.87. The van der Waals surface area contributed by atoms with Crippen LogP contribution in [0.4, 0.5) is 0 Å². The number of para-hydroxylation sites is 2. The summed E-state index contributed by atoms with van der Waals surface area (Å²) >= 11 is 1.58. The molecule has 0 bridgehead atoms. The van der Waals surface area contributed by atoms with Gasteiger partial charge >= 0.3 is 0 Å². The number of hydrogen-bond donors (Lipinski definition) is 0. The number of nitriles is 1. The lowest BCUT2D eigenvalue weighted by molar-refractivity contribution is 0.198. The van der Waals surface area contributed by atoms with Gasteiger partial charge in [-0.25, -0.2) is 0 Å². The monoisotopic (exact) mass is 422 g/mol. The van der Waals surface area contributed by atoms with Crippen molar-refractivity contribution in [3.8, 4) is 17.6 Å². The van der Waals surface area contributed by atoms with Crippen LogP contribution in [0.2, 0.25) is 0 Å². The molecule has 0 radical (unpaired) electrons. The van der Waals surface area contributed by atoms with Gasteiger partial charge in [-0.15, -0.1) is 10.2 Å². The molecule has 156 valence electrons. The number of hydrogen-bond acceptors (Lipinski definition) is 6. The van der Waals surface area contributed by atoms with E-state index in [0.717, 1.165) is 23.1 Å². The van der Waals surface area contributed by atoms with E-state index in [9.17, 15) is 5.26 Å². The lowest BCUT2D eigenvalue weighted by Crippen LogP contribution is -2.15. The molecule has 0 fully saturated rings. The summed E-state index contributed by atoms with van der Waals surface area (Å²) in [6.45, 7) is 7.07. The summed E-state index contributed by atoms with van der Waals surface area (Å²) < 4.78 is 13.7. The zero-order valence-corrected chi connectivity index (χ0v) is 18.5. The largest absolute Gasteiger partial charge is 0.493 e. The van der Waals surface area contributed by atoms with Crippen molar-refractivity contribution in [3.63, 3.8) is 0 Å². The SMILES string of the molecule is COc1ccccc1OC(C)c1nnc(SCc2ccccc2C#N)n1CC(C)C. The molecule has 3 aromatic rings. The average Bonchev–Trinajstić information content (AvgIpc) is 3.14. The van der Waals surface area contributed by atoms with E-state index >= 15 is 0 Å². The van der Waals surface area contributed by atoms with E-state index in [1.165, 1.54) is 0 Å². The van der Waals surface area contributed by atoms with Gasteiger partial charge in [0.2, 0.25) is 0 Å². The summed E-state index contributed by atoms with van der Waals surface area (Å²) in [6.07, 6.45) is -0.298. The fourth-order valence-corrected chi connectivity index (χ4v) is 4.06. The molecule has 0 aliphatic heterocycles. The van der Waals surface area contributed by atoms with E-state index in [2.05, 4.69) is 34.7 Å². The maximum absolute atomic E-state index is 9.33. The molecule has 0 N–H and O–H groups in total. The van der Waals surface area contributed by atoms with Crippen LogP contribution in [0, 0.1) is 17.2 Å². The van der Waals surface area contributed by atoms with Gasteiger partial charge in [-0.3, -0.25) is 0 Å². The van der Waals surface area contributed by atoms with Crippen LogP contribution < -0.4 is 9.47 Å². The maximum Gasteiger partial charge on any atom is 0.191 e. The average molecular weight is 423 g/mol. The van der Waals surface area contributed by atoms with Crippen molar-refractivity contribution in [3.05, 3.63) is 65.5 Å². The maximum atomic E-state index is 9.33. The second-order valence-corrected chi connectivity index (χ2v) is 8.26. The molecule has 1 heterocycles. The number of rotatable bonds is 9. The fourth-order valence-electron chi connectivity index (χ4n) is 3.10. The Kier molecular flexibility index (Phi) is 7.36. The highest BCUT2D eigenvalue weighted by molar-refractivity contribution is 7.98. The summed E-state index contributed by atoms with van der Waals surface area (Å²) in [5, 5.41) is 19.0. The van der Waals surface area contributed by atoms with Crippen molar-refractivity contribution in [1.82, 2.24) is 14.8 Å². The van der Waals surface area contributed by atoms with Gasteiger partial charge in [-0.1, -0.05) is 55.9 Å². The minimum Gasteiger partial charge on any atom is -0.493 e. The van der Waals surface area contributed by atoms with E-state index in [-0.39, 0.29) is 6.10 Å². The number of ether oxygens (including phenoxy) is 2. The molecule has 0 spiro atoms. The Morgan fingerprint density at radius 3 is 2.43 bits per heavy atom. The Labute approximate surface area is 181 Å². The smallest absolute Gasteiger partial charge is 0.191 e. The molecule has 30 heavy (non-hydrogen) atoms. The molecule has 0 amide bonds. The molecule has 1 atom stereocenters. The second-order valence-electron chi connectivity index (χ2n) is 7.31. The quantitative estimate of drug-likeness (QED) is 0.439. The van der Waals surface area contributed by atoms with E-state index in [1.54, 1.807) is 18.9 Å². The molecule has 1 aromatic heterocycles. The van der Waals surface area contributed by atoms with Crippen molar-refractivity contribution in [1.29, 1.82) is 5.26 Å². The lowest BCUT2D eigenvalue weighted by atomic mass is 10.1. The highest BCUT2D eigenvalue weighted by Gasteiger charge is 2.21. The first-order valence-corrected chi connectivity index (χ1v) is 10.9. The summed E-state index contributed by atoms with van der Waals surface area (Å²) in [5.41, 5.74) is 1.68. The van der Waals surface area contributed by atoms with Gasteiger partial charge in [0.1, 0.15) is 0 Å². The summed E-state index contributed by atoms with van der Waals surface area (Å²) in [4.78, 5) is 0. The van der Waals surface area contributed by atoms with Crippen LogP contribution >= 0.6 is 11.8 Å². The van der Waals surface area contributed by atoms with Crippen molar-refractivity contribution >= 4 is 11.8 Å². The molecule has 0 saturated heterocycles. The molecule has 0 aliphatic carbocycles. The third-order valence-corrected chi connectivity index (χ3v) is 5.54. The number of nitrogens with zero attached hydrogens (tertiary/aromatic N) is 4. The van der Waals surface area contributed by atoms with Crippen LogP contribution in [0.15, 0.2) is 53.7 Å². The number of aromatic nitrogens is 3. The molecule has 0 aliphatic rings. The van der Waals surface area contributed by atoms with Crippen LogP contribution in [-0.2, 0) is 12.3 Å². The Balaban J connectivity index is 1.83. The van der Waals surface area contributed by atoms with Gasteiger partial charge in [0.15, 0.2) is 28.6 Å². The third-order valence-electron chi connectivity index (χ3n) is 4.52. The molecular weight excluding hydrogens is 396 g/mol. The van der Waals surface area contributed by atoms with E-state index < -0.39 is 0 Å². The van der Waals surface area contributed by atoms with Crippen molar-refractivity contribution in [2.45, 2.75) is 44.3 Å². The van der Waals surface area contributed by atoms with Crippen molar-refractivity contribution in [2.75, 3.05) is 7.11 Å². The number of thioether (sulfide) groups is 1. The zero-order valence-electron chi connectivity index (χ0n) is 17.7. The van der Waals surface area contributed by atoms with E-state index in [1.807, 2.05) is 55.5 Å². The summed E-state index contributed by atoms with van der Waals surface area (Å²) in [6, 6.07) is 17.5. The lowest BCUT2D eigenvalue weighted by Gasteiger charge is -2.19. The van der Waals surface area contributed by atoms with Crippen LogP contribution in [0.3, 0.4) is 0 Å². The van der Waals surface area contributed by atoms with Crippen LogP contribution in [-0.4, -0.2) is 21.9 Å². The Morgan fingerprint density at radius 1 is 1.03 bits per heavy atom. The van der Waals surface area contributed by atoms with E-state index in [0.29, 0.717) is 28.7 Å². The second kappa shape index (κ2) is 10.2. The number of benzene rings is 2. The Bertz CT molecular complexity index is 1030. The van der Waals surface area contributed by atoms with Gasteiger partial charge in [0.05, 0.1) is 18.7 Å². The molecule has 3 rings (SSSR count). The van der Waals surface area contributed by atoms with Crippen molar-refractivity contribution < 1.29 is 9.47 Å². The minimum absolute atomic E-state index is 0.298. The third kappa shape index (κ3) is 5.14. The molecule has 7 heteroatoms. The molecular formula is C23H26N4O2S. The molecule has 0 saturated carbocycles. The molecule has 2 aromatic carbocycles. The topological polar surface area (TPSA) is 73.0 Å². The highest BCUT2D eigenvalue weighted by atomic mass is 32.2. The van der Waals surface area contributed by atoms with Crippen LogP contribution in [0.1, 0.15) is 43.8 Å². The summed E-state index contributed by atoms with van der Waals surface area (Å²) in [5.74, 6) is 3.20. The fraction of sp³-hybridized carbons (Fsp3) is 0.348.